The van der Waals surface area contributed by atoms with Gasteiger partial charge in [-0.05, 0) is 82.3 Å². The number of para-hydroxylation sites is 1. The maximum atomic E-state index is 13.4. The Morgan fingerprint density at radius 1 is 1.08 bits per heavy atom. The van der Waals surface area contributed by atoms with Crippen molar-refractivity contribution in [3.63, 3.8) is 0 Å². The first-order valence-corrected chi connectivity index (χ1v) is 11.0. The molecule has 1 unspecified atom stereocenters. The third-order valence-electron chi connectivity index (χ3n) is 5.67. The number of hydrogen-bond acceptors (Lipinski definition) is 5. The standard InChI is InChI=1S/C19H27N2O4P/c1-14(2)20-21-26(22,25-23-18-6-4-3-5-7-18)24-19-11-15-8-16(12-19)10-17(9-15)13-19/h3-7,15-17H,8-13H2,1-2H3,(H,21,22). The van der Waals surface area contributed by atoms with Gasteiger partial charge in [0, 0.05) is 5.71 Å². The zero-order valence-corrected chi connectivity index (χ0v) is 16.3. The van der Waals surface area contributed by atoms with Gasteiger partial charge >= 0.3 is 7.75 Å². The molecule has 7 heteroatoms. The molecule has 0 aliphatic heterocycles. The van der Waals surface area contributed by atoms with Crippen LogP contribution in [0.1, 0.15) is 52.4 Å². The van der Waals surface area contributed by atoms with Crippen molar-refractivity contribution in [1.29, 1.82) is 0 Å². The topological polar surface area (TPSA) is 69.2 Å². The minimum atomic E-state index is -3.75. The van der Waals surface area contributed by atoms with Crippen molar-refractivity contribution in [3.8, 4) is 5.75 Å². The quantitative estimate of drug-likeness (QED) is 0.310. The van der Waals surface area contributed by atoms with E-state index in [-0.39, 0.29) is 5.60 Å². The smallest absolute Gasteiger partial charge is 0.328 e. The van der Waals surface area contributed by atoms with Gasteiger partial charge in [-0.15, -0.1) is 0 Å². The van der Waals surface area contributed by atoms with Crippen molar-refractivity contribution in [2.75, 3.05) is 0 Å². The fraction of sp³-hybridized carbons (Fsp3) is 0.632. The van der Waals surface area contributed by atoms with Gasteiger partial charge in [0.05, 0.1) is 5.60 Å². The highest BCUT2D eigenvalue weighted by atomic mass is 31.2. The molecule has 6 nitrogen and oxygen atoms in total. The third kappa shape index (κ3) is 3.98. The van der Waals surface area contributed by atoms with Crippen LogP contribution in [-0.4, -0.2) is 11.3 Å². The summed E-state index contributed by atoms with van der Waals surface area (Å²) in [5.74, 6) is 2.52. The molecule has 5 rings (SSSR count). The SMILES string of the molecule is CC(C)=NNP(=O)(OOc1ccccc1)OC12CC3CC(CC(C3)C1)C2. The molecule has 1 atom stereocenters. The fourth-order valence-corrected chi connectivity index (χ4v) is 6.52. The zero-order chi connectivity index (χ0) is 18.2. The van der Waals surface area contributed by atoms with Crippen LogP contribution in [0.15, 0.2) is 35.4 Å². The largest absolute Gasteiger partial charge is 0.484 e. The molecule has 0 aromatic heterocycles. The summed E-state index contributed by atoms with van der Waals surface area (Å²) in [5.41, 5.74) is 0.358. The van der Waals surface area contributed by atoms with E-state index in [2.05, 4.69) is 10.3 Å². The molecule has 26 heavy (non-hydrogen) atoms. The molecule has 4 fully saturated rings. The maximum Gasteiger partial charge on any atom is 0.484 e. The number of hydrazone groups is 1. The van der Waals surface area contributed by atoms with Gasteiger partial charge in [-0.25, -0.2) is 9.76 Å². The van der Waals surface area contributed by atoms with E-state index >= 15 is 0 Å². The average molecular weight is 378 g/mol. The lowest BCUT2D eigenvalue weighted by atomic mass is 9.54. The van der Waals surface area contributed by atoms with E-state index in [4.69, 9.17) is 14.1 Å². The van der Waals surface area contributed by atoms with E-state index < -0.39 is 7.75 Å². The lowest BCUT2D eigenvalue weighted by Crippen LogP contribution is -2.52. The van der Waals surface area contributed by atoms with Crippen molar-refractivity contribution < 1.29 is 18.7 Å². The number of nitrogens with one attached hydrogen (secondary N) is 1. The van der Waals surface area contributed by atoms with Crippen LogP contribution in [0.5, 0.6) is 5.75 Å². The van der Waals surface area contributed by atoms with E-state index in [1.165, 1.54) is 19.3 Å². The highest BCUT2D eigenvalue weighted by Crippen LogP contribution is 2.62. The first kappa shape index (κ1) is 18.0. The van der Waals surface area contributed by atoms with Crippen molar-refractivity contribution >= 4 is 13.5 Å². The fourth-order valence-electron chi connectivity index (χ4n) is 5.18. The van der Waals surface area contributed by atoms with Crippen molar-refractivity contribution in [2.45, 2.75) is 58.0 Å². The van der Waals surface area contributed by atoms with Gasteiger partial charge < -0.3 is 4.89 Å². The Balaban J connectivity index is 1.51. The van der Waals surface area contributed by atoms with E-state index in [1.807, 2.05) is 32.0 Å². The van der Waals surface area contributed by atoms with Gasteiger partial charge in [-0.1, -0.05) is 22.9 Å². The molecule has 4 aliphatic rings. The maximum absolute atomic E-state index is 13.4. The van der Waals surface area contributed by atoms with Gasteiger partial charge in [0.15, 0.2) is 5.75 Å². The molecular formula is C19H27N2O4P. The summed E-state index contributed by atoms with van der Waals surface area (Å²) < 4.78 is 24.9. The second-order valence-electron chi connectivity index (χ2n) is 8.32. The minimum absolute atomic E-state index is 0.380. The first-order chi connectivity index (χ1) is 12.4. The second kappa shape index (κ2) is 6.99. The Morgan fingerprint density at radius 2 is 1.65 bits per heavy atom. The summed E-state index contributed by atoms with van der Waals surface area (Å²) in [6.45, 7) is 3.64. The number of nitrogens with zero attached hydrogens (tertiary/aromatic N) is 1. The summed E-state index contributed by atoms with van der Waals surface area (Å²) in [4.78, 5) is 5.30. The monoisotopic (exact) mass is 378 g/mol. The predicted molar refractivity (Wildman–Crippen MR) is 99.7 cm³/mol. The molecule has 0 saturated heterocycles. The van der Waals surface area contributed by atoms with E-state index in [1.54, 1.807) is 12.1 Å². The number of hydrogen-bond donors (Lipinski definition) is 1. The molecule has 0 spiro atoms. The van der Waals surface area contributed by atoms with Crippen molar-refractivity contribution in [3.05, 3.63) is 30.3 Å². The molecule has 0 amide bonds. The van der Waals surface area contributed by atoms with Gasteiger partial charge in [0.1, 0.15) is 0 Å². The molecule has 1 N–H and O–H groups in total. The molecule has 1 aromatic rings. The van der Waals surface area contributed by atoms with Crippen LogP contribution in [0.4, 0.5) is 0 Å². The lowest BCUT2D eigenvalue weighted by Gasteiger charge is -2.56. The predicted octanol–water partition coefficient (Wildman–Crippen LogP) is 5.08. The third-order valence-corrected chi connectivity index (χ3v) is 6.91. The van der Waals surface area contributed by atoms with E-state index in [0.29, 0.717) is 23.5 Å². The van der Waals surface area contributed by atoms with Gasteiger partial charge in [0.25, 0.3) is 0 Å². The second-order valence-corrected chi connectivity index (χ2v) is 9.85. The normalized spacial score (nSPS) is 34.2. The van der Waals surface area contributed by atoms with Gasteiger partial charge in [0.2, 0.25) is 0 Å². The Kier molecular flexibility index (Phi) is 4.84. The Labute approximate surface area is 154 Å². The van der Waals surface area contributed by atoms with Crippen LogP contribution in [-0.2, 0) is 13.8 Å². The molecule has 1 aromatic carbocycles. The summed E-state index contributed by atoms with van der Waals surface area (Å²) in [6.07, 6.45) is 6.71. The van der Waals surface area contributed by atoms with Crippen LogP contribution >= 0.6 is 7.75 Å². The van der Waals surface area contributed by atoms with E-state index in [0.717, 1.165) is 25.0 Å². The highest BCUT2D eigenvalue weighted by Gasteiger charge is 2.55. The lowest BCUT2D eigenvalue weighted by molar-refractivity contribution is -0.155. The van der Waals surface area contributed by atoms with Crippen molar-refractivity contribution in [1.82, 2.24) is 5.20 Å². The molecule has 4 bridgehead atoms. The zero-order valence-electron chi connectivity index (χ0n) is 15.4. The van der Waals surface area contributed by atoms with Gasteiger partial charge in [-0.3, -0.25) is 4.52 Å². The van der Waals surface area contributed by atoms with Crippen LogP contribution in [0.3, 0.4) is 0 Å². The molecule has 0 heterocycles. The Hall–Kier alpha value is -1.36. The van der Waals surface area contributed by atoms with E-state index in [9.17, 15) is 4.57 Å². The van der Waals surface area contributed by atoms with Crippen LogP contribution < -0.4 is 10.1 Å². The van der Waals surface area contributed by atoms with Crippen LogP contribution in [0, 0.1) is 17.8 Å². The van der Waals surface area contributed by atoms with Gasteiger partial charge in [-0.2, -0.15) is 5.10 Å². The summed E-state index contributed by atoms with van der Waals surface area (Å²) >= 11 is 0. The average Bonchev–Trinajstić information content (AvgIpc) is 2.58. The highest BCUT2D eigenvalue weighted by molar-refractivity contribution is 7.51. The molecule has 4 aliphatic carbocycles. The summed E-state index contributed by atoms with van der Waals surface area (Å²) in [6, 6.07) is 9.00. The Morgan fingerprint density at radius 3 is 2.19 bits per heavy atom. The van der Waals surface area contributed by atoms with Crippen LogP contribution in [0.2, 0.25) is 0 Å². The summed E-state index contributed by atoms with van der Waals surface area (Å²) in [7, 11) is -3.75. The molecule has 4 saturated carbocycles. The minimum Gasteiger partial charge on any atom is -0.328 e. The first-order valence-electron chi connectivity index (χ1n) is 9.44. The summed E-state index contributed by atoms with van der Waals surface area (Å²) in [5, 5.41) is 6.70. The number of benzene rings is 1. The molecule has 142 valence electrons. The van der Waals surface area contributed by atoms with Crippen molar-refractivity contribution in [2.24, 2.45) is 22.9 Å². The molecule has 0 radical (unpaired) electrons. The number of rotatable bonds is 7. The Bertz CT molecular complexity index is 682. The molecular weight excluding hydrogens is 351 g/mol. The van der Waals surface area contributed by atoms with Crippen LogP contribution in [0.25, 0.3) is 0 Å².